The Morgan fingerprint density at radius 1 is 1.21 bits per heavy atom. The topological polar surface area (TPSA) is 68.3 Å². The minimum Gasteiger partial charge on any atom is -0.448 e. The van der Waals surface area contributed by atoms with E-state index in [9.17, 15) is 9.59 Å². The van der Waals surface area contributed by atoms with Crippen molar-refractivity contribution in [1.82, 2.24) is 10.3 Å². The maximum atomic E-state index is 12.3. The highest BCUT2D eigenvalue weighted by Gasteiger charge is 2.21. The molecule has 144 valence electrons. The lowest BCUT2D eigenvalue weighted by atomic mass is 10.1. The number of rotatable bonds is 6. The van der Waals surface area contributed by atoms with E-state index in [1.165, 1.54) is 18.3 Å². The molecule has 7 heteroatoms. The Bertz CT molecular complexity index is 985. The van der Waals surface area contributed by atoms with Crippen LogP contribution >= 0.6 is 22.9 Å². The number of esters is 1. The lowest BCUT2D eigenvalue weighted by molar-refractivity contribution is -0.129. The molecule has 1 heterocycles. The third kappa shape index (κ3) is 5.18. The molecular weight excluding hydrogens is 396 g/mol. The Morgan fingerprint density at radius 3 is 2.68 bits per heavy atom. The molecule has 0 saturated carbocycles. The average Bonchev–Trinajstić information content (AvgIpc) is 3.17. The van der Waals surface area contributed by atoms with Gasteiger partial charge in [-0.1, -0.05) is 53.6 Å². The van der Waals surface area contributed by atoms with Crippen molar-refractivity contribution in [2.45, 2.75) is 26.5 Å². The van der Waals surface area contributed by atoms with Crippen LogP contribution in [-0.2, 0) is 16.1 Å². The van der Waals surface area contributed by atoms with E-state index < -0.39 is 12.1 Å². The zero-order valence-corrected chi connectivity index (χ0v) is 17.0. The number of carbonyl (C=O) groups is 2. The predicted molar refractivity (Wildman–Crippen MR) is 110 cm³/mol. The number of halogens is 1. The summed E-state index contributed by atoms with van der Waals surface area (Å²) in [5.74, 6) is -0.998. The van der Waals surface area contributed by atoms with Crippen LogP contribution in [0.2, 0.25) is 5.02 Å². The largest absolute Gasteiger partial charge is 0.448 e. The molecule has 0 saturated heterocycles. The number of benzene rings is 2. The Labute approximate surface area is 172 Å². The number of hydrogen-bond acceptors (Lipinski definition) is 5. The van der Waals surface area contributed by atoms with E-state index in [0.29, 0.717) is 16.6 Å². The lowest BCUT2D eigenvalue weighted by Gasteiger charge is -2.13. The first-order chi connectivity index (χ1) is 13.4. The van der Waals surface area contributed by atoms with Gasteiger partial charge in [-0.25, -0.2) is 9.78 Å². The minimum absolute atomic E-state index is 0.165. The van der Waals surface area contributed by atoms with E-state index in [4.69, 9.17) is 16.3 Å². The van der Waals surface area contributed by atoms with Crippen molar-refractivity contribution in [3.63, 3.8) is 0 Å². The number of carbonyl (C=O) groups excluding carboxylic acids is 2. The van der Waals surface area contributed by atoms with Crippen molar-refractivity contribution in [2.24, 2.45) is 0 Å². The molecule has 1 atom stereocenters. The summed E-state index contributed by atoms with van der Waals surface area (Å²) < 4.78 is 5.25. The van der Waals surface area contributed by atoms with Gasteiger partial charge in [0.25, 0.3) is 5.91 Å². The summed E-state index contributed by atoms with van der Waals surface area (Å²) in [5.41, 5.74) is 3.11. The van der Waals surface area contributed by atoms with Gasteiger partial charge in [-0.15, -0.1) is 11.3 Å². The monoisotopic (exact) mass is 414 g/mol. The summed E-state index contributed by atoms with van der Waals surface area (Å²) in [7, 11) is 0. The summed E-state index contributed by atoms with van der Waals surface area (Å²) in [6.07, 6.45) is -0.922. The van der Waals surface area contributed by atoms with Gasteiger partial charge in [0.05, 0.1) is 0 Å². The molecule has 28 heavy (non-hydrogen) atoms. The zero-order valence-electron chi connectivity index (χ0n) is 15.4. The molecule has 0 unspecified atom stereocenters. The summed E-state index contributed by atoms with van der Waals surface area (Å²) in [5, 5.41) is 5.62. The first-order valence-corrected chi connectivity index (χ1v) is 9.94. The zero-order chi connectivity index (χ0) is 20.1. The van der Waals surface area contributed by atoms with Crippen LogP contribution in [0.25, 0.3) is 10.6 Å². The lowest BCUT2D eigenvalue weighted by Crippen LogP contribution is -2.35. The van der Waals surface area contributed by atoms with Gasteiger partial charge in [0.15, 0.2) is 11.8 Å². The molecule has 3 rings (SSSR count). The van der Waals surface area contributed by atoms with Gasteiger partial charge in [-0.3, -0.25) is 4.79 Å². The molecule has 0 spiro atoms. The number of aryl methyl sites for hydroxylation is 1. The Hall–Kier alpha value is -2.70. The smallest absolute Gasteiger partial charge is 0.358 e. The van der Waals surface area contributed by atoms with Gasteiger partial charge >= 0.3 is 5.97 Å². The molecule has 2 aromatic carbocycles. The van der Waals surface area contributed by atoms with E-state index >= 15 is 0 Å². The van der Waals surface area contributed by atoms with Crippen LogP contribution in [0.5, 0.6) is 0 Å². The number of aromatic nitrogens is 1. The van der Waals surface area contributed by atoms with Crippen LogP contribution in [0.15, 0.2) is 53.9 Å². The standard InChI is InChI=1S/C21H19ClN2O3S/c1-13-6-8-15(9-7-13)11-23-19(25)14(2)27-21(26)18-12-28-20(24-18)16-4-3-5-17(22)10-16/h3-10,12,14H,11H2,1-2H3,(H,23,25)/t14-/m1/s1. The number of ether oxygens (including phenoxy) is 1. The van der Waals surface area contributed by atoms with Gasteiger partial charge in [0.2, 0.25) is 0 Å². The number of amides is 1. The normalized spacial score (nSPS) is 11.7. The van der Waals surface area contributed by atoms with Crippen LogP contribution in [0.1, 0.15) is 28.5 Å². The summed E-state index contributed by atoms with van der Waals surface area (Å²) in [6.45, 7) is 3.91. The van der Waals surface area contributed by atoms with Crippen LogP contribution < -0.4 is 5.32 Å². The molecule has 1 N–H and O–H groups in total. The van der Waals surface area contributed by atoms with Crippen molar-refractivity contribution in [1.29, 1.82) is 0 Å². The van der Waals surface area contributed by atoms with Crippen LogP contribution in [0, 0.1) is 6.92 Å². The third-order valence-corrected chi connectivity index (χ3v) is 5.15. The molecule has 0 fully saturated rings. The Morgan fingerprint density at radius 2 is 1.96 bits per heavy atom. The molecule has 1 amide bonds. The van der Waals surface area contributed by atoms with Gasteiger partial charge in [0, 0.05) is 22.5 Å². The summed E-state index contributed by atoms with van der Waals surface area (Å²) in [6, 6.07) is 15.1. The maximum absolute atomic E-state index is 12.3. The average molecular weight is 415 g/mol. The summed E-state index contributed by atoms with van der Waals surface area (Å²) in [4.78, 5) is 28.8. The van der Waals surface area contributed by atoms with Crippen molar-refractivity contribution < 1.29 is 14.3 Å². The van der Waals surface area contributed by atoms with Crippen LogP contribution in [0.3, 0.4) is 0 Å². The molecule has 1 aromatic heterocycles. The third-order valence-electron chi connectivity index (χ3n) is 4.03. The Balaban J connectivity index is 1.56. The molecule has 5 nitrogen and oxygen atoms in total. The van der Waals surface area contributed by atoms with Gasteiger partial charge < -0.3 is 10.1 Å². The van der Waals surface area contributed by atoms with Crippen molar-refractivity contribution in [3.8, 4) is 10.6 Å². The maximum Gasteiger partial charge on any atom is 0.358 e. The second-order valence-electron chi connectivity index (χ2n) is 6.30. The second kappa shape index (κ2) is 8.99. The highest BCUT2D eigenvalue weighted by atomic mass is 35.5. The molecule has 0 aliphatic carbocycles. The number of thiazole rings is 1. The van der Waals surface area contributed by atoms with Crippen molar-refractivity contribution in [2.75, 3.05) is 0 Å². The molecular formula is C21H19ClN2O3S. The molecule has 0 radical (unpaired) electrons. The van der Waals surface area contributed by atoms with E-state index in [-0.39, 0.29) is 11.6 Å². The summed E-state index contributed by atoms with van der Waals surface area (Å²) >= 11 is 7.30. The highest BCUT2D eigenvalue weighted by Crippen LogP contribution is 2.26. The predicted octanol–water partition coefficient (Wildman–Crippen LogP) is 4.63. The fourth-order valence-electron chi connectivity index (χ4n) is 2.43. The van der Waals surface area contributed by atoms with Crippen molar-refractivity contribution in [3.05, 3.63) is 75.8 Å². The van der Waals surface area contributed by atoms with E-state index in [0.717, 1.165) is 16.7 Å². The molecule has 0 bridgehead atoms. The first kappa shape index (κ1) is 20.0. The fourth-order valence-corrected chi connectivity index (χ4v) is 3.41. The van der Waals surface area contributed by atoms with Gasteiger partial charge in [-0.05, 0) is 31.5 Å². The molecule has 0 aliphatic rings. The first-order valence-electron chi connectivity index (χ1n) is 8.68. The molecule has 3 aromatic rings. The molecule has 0 aliphatic heterocycles. The number of hydrogen-bond donors (Lipinski definition) is 1. The van der Waals surface area contributed by atoms with Crippen LogP contribution in [-0.4, -0.2) is 23.0 Å². The fraction of sp³-hybridized carbons (Fsp3) is 0.190. The quantitative estimate of drug-likeness (QED) is 0.597. The van der Waals surface area contributed by atoms with Crippen LogP contribution in [0.4, 0.5) is 0 Å². The van der Waals surface area contributed by atoms with Gasteiger partial charge in [0.1, 0.15) is 5.01 Å². The van der Waals surface area contributed by atoms with E-state index in [2.05, 4.69) is 10.3 Å². The number of nitrogens with one attached hydrogen (secondary N) is 1. The van der Waals surface area contributed by atoms with Crippen molar-refractivity contribution >= 4 is 34.8 Å². The van der Waals surface area contributed by atoms with E-state index in [1.807, 2.05) is 43.3 Å². The Kier molecular flexibility index (Phi) is 6.44. The minimum atomic E-state index is -0.922. The van der Waals surface area contributed by atoms with E-state index in [1.54, 1.807) is 17.5 Å². The number of nitrogens with zero attached hydrogens (tertiary/aromatic N) is 1. The van der Waals surface area contributed by atoms with Gasteiger partial charge in [-0.2, -0.15) is 0 Å². The SMILES string of the molecule is Cc1ccc(CNC(=O)[C@@H](C)OC(=O)c2csc(-c3cccc(Cl)c3)n2)cc1. The second-order valence-corrected chi connectivity index (χ2v) is 7.59. The highest BCUT2D eigenvalue weighted by molar-refractivity contribution is 7.13.